The van der Waals surface area contributed by atoms with E-state index in [-0.39, 0.29) is 0 Å². The quantitative estimate of drug-likeness (QED) is 0.914. The van der Waals surface area contributed by atoms with Crippen LogP contribution in [-0.2, 0) is 20.1 Å². The van der Waals surface area contributed by atoms with Crippen molar-refractivity contribution in [3.05, 3.63) is 46.6 Å². The highest BCUT2D eigenvalue weighted by molar-refractivity contribution is 5.50. The lowest BCUT2D eigenvalue weighted by molar-refractivity contribution is 0.725. The molecule has 0 aliphatic rings. The summed E-state index contributed by atoms with van der Waals surface area (Å²) < 4.78 is 1.91. The van der Waals surface area contributed by atoms with Gasteiger partial charge in [0.05, 0.1) is 5.69 Å². The van der Waals surface area contributed by atoms with Crippen molar-refractivity contribution in [2.24, 2.45) is 12.8 Å². The van der Waals surface area contributed by atoms with Crippen molar-refractivity contribution >= 4 is 5.82 Å². The molecule has 2 N–H and O–H groups in total. The van der Waals surface area contributed by atoms with Gasteiger partial charge in [-0.2, -0.15) is 5.10 Å². The Labute approximate surface area is 114 Å². The van der Waals surface area contributed by atoms with Crippen molar-refractivity contribution < 1.29 is 0 Å². The molecule has 1 aromatic carbocycles. The average Bonchev–Trinajstić information content (AvgIpc) is 2.63. The van der Waals surface area contributed by atoms with Gasteiger partial charge < -0.3 is 10.6 Å². The second-order valence-electron chi connectivity index (χ2n) is 5.06. The van der Waals surface area contributed by atoms with Crippen LogP contribution in [0.1, 0.15) is 22.4 Å². The monoisotopic (exact) mass is 258 g/mol. The molecule has 0 fully saturated rings. The Morgan fingerprint density at radius 3 is 2.68 bits per heavy atom. The van der Waals surface area contributed by atoms with Crippen molar-refractivity contribution in [3.63, 3.8) is 0 Å². The molecule has 2 rings (SSSR count). The predicted octanol–water partition coefficient (Wildman–Crippen LogP) is 2.13. The van der Waals surface area contributed by atoms with Crippen LogP contribution in [0.5, 0.6) is 0 Å². The number of rotatable bonds is 4. The molecule has 0 aliphatic heterocycles. The van der Waals surface area contributed by atoms with Gasteiger partial charge in [0.15, 0.2) is 0 Å². The Bertz CT molecular complexity index is 572. The van der Waals surface area contributed by atoms with Gasteiger partial charge in [-0.05, 0) is 19.4 Å². The van der Waals surface area contributed by atoms with Crippen LogP contribution in [-0.4, -0.2) is 16.8 Å². The van der Waals surface area contributed by atoms with Gasteiger partial charge in [-0.15, -0.1) is 0 Å². The Morgan fingerprint density at radius 1 is 1.32 bits per heavy atom. The van der Waals surface area contributed by atoms with Crippen molar-refractivity contribution in [1.29, 1.82) is 0 Å². The Hall–Kier alpha value is -1.81. The fourth-order valence-electron chi connectivity index (χ4n) is 2.57. The third-order valence-corrected chi connectivity index (χ3v) is 3.38. The van der Waals surface area contributed by atoms with Crippen LogP contribution in [0.15, 0.2) is 24.3 Å². The minimum atomic E-state index is 0.521. The summed E-state index contributed by atoms with van der Waals surface area (Å²) in [5.41, 5.74) is 10.6. The fraction of sp³-hybridized carbons (Fsp3) is 0.400. The maximum absolute atomic E-state index is 5.84. The molecule has 0 saturated heterocycles. The first-order valence-electron chi connectivity index (χ1n) is 6.52. The molecule has 0 radical (unpaired) electrons. The van der Waals surface area contributed by atoms with Gasteiger partial charge in [0.1, 0.15) is 5.82 Å². The van der Waals surface area contributed by atoms with Gasteiger partial charge in [0, 0.05) is 32.7 Å². The van der Waals surface area contributed by atoms with E-state index in [0.29, 0.717) is 6.54 Å². The largest absolute Gasteiger partial charge is 0.355 e. The van der Waals surface area contributed by atoms with Gasteiger partial charge in [-0.25, -0.2) is 0 Å². The van der Waals surface area contributed by atoms with E-state index in [1.807, 2.05) is 18.7 Å². The summed E-state index contributed by atoms with van der Waals surface area (Å²) in [6.07, 6.45) is 0. The molecule has 2 aromatic rings. The van der Waals surface area contributed by atoms with E-state index in [1.165, 1.54) is 11.1 Å². The molecule has 1 heterocycles. The lowest BCUT2D eigenvalue weighted by Gasteiger charge is -2.21. The highest BCUT2D eigenvalue weighted by Gasteiger charge is 2.15. The number of aryl methyl sites for hydroxylation is 3. The van der Waals surface area contributed by atoms with E-state index in [2.05, 4.69) is 48.2 Å². The van der Waals surface area contributed by atoms with E-state index in [0.717, 1.165) is 23.6 Å². The molecule has 4 nitrogen and oxygen atoms in total. The van der Waals surface area contributed by atoms with Crippen molar-refractivity contribution in [2.75, 3.05) is 11.9 Å². The molecule has 0 unspecified atom stereocenters. The topological polar surface area (TPSA) is 47.1 Å². The Morgan fingerprint density at radius 2 is 2.05 bits per heavy atom. The lowest BCUT2D eigenvalue weighted by Crippen LogP contribution is -2.21. The maximum Gasteiger partial charge on any atom is 0.131 e. The highest BCUT2D eigenvalue weighted by atomic mass is 15.4. The smallest absolute Gasteiger partial charge is 0.131 e. The summed E-state index contributed by atoms with van der Waals surface area (Å²) in [6, 6.07) is 8.57. The van der Waals surface area contributed by atoms with Crippen LogP contribution in [0.3, 0.4) is 0 Å². The zero-order valence-corrected chi connectivity index (χ0v) is 12.1. The molecule has 0 aliphatic carbocycles. The molecular weight excluding hydrogens is 236 g/mol. The van der Waals surface area contributed by atoms with Gasteiger partial charge in [0.2, 0.25) is 0 Å². The number of hydrogen-bond donors (Lipinski definition) is 1. The van der Waals surface area contributed by atoms with Crippen LogP contribution in [0.2, 0.25) is 0 Å². The molecule has 102 valence electrons. The standard InChI is InChI=1S/C15H22N4/c1-11-6-5-7-13(8-11)10-18(3)15-14(9-16)12(2)17-19(15)4/h5-8H,9-10,16H2,1-4H3. The molecule has 4 heteroatoms. The first-order valence-corrected chi connectivity index (χ1v) is 6.52. The first-order chi connectivity index (χ1) is 9.02. The summed E-state index contributed by atoms with van der Waals surface area (Å²) in [4.78, 5) is 2.21. The predicted molar refractivity (Wildman–Crippen MR) is 79.1 cm³/mol. The van der Waals surface area contributed by atoms with Crippen molar-refractivity contribution in [1.82, 2.24) is 9.78 Å². The van der Waals surface area contributed by atoms with Crippen LogP contribution < -0.4 is 10.6 Å². The zero-order chi connectivity index (χ0) is 14.0. The normalized spacial score (nSPS) is 10.8. The third-order valence-electron chi connectivity index (χ3n) is 3.38. The Kier molecular flexibility index (Phi) is 3.90. The molecule has 1 aromatic heterocycles. The minimum Gasteiger partial charge on any atom is -0.355 e. The SMILES string of the molecule is Cc1cccc(CN(C)c2c(CN)c(C)nn2C)c1. The second-order valence-corrected chi connectivity index (χ2v) is 5.06. The molecule has 0 atom stereocenters. The van der Waals surface area contributed by atoms with E-state index < -0.39 is 0 Å². The van der Waals surface area contributed by atoms with E-state index >= 15 is 0 Å². The van der Waals surface area contributed by atoms with Crippen LogP contribution in [0.25, 0.3) is 0 Å². The van der Waals surface area contributed by atoms with Crippen LogP contribution >= 0.6 is 0 Å². The number of nitrogens with zero attached hydrogens (tertiary/aromatic N) is 3. The van der Waals surface area contributed by atoms with Crippen molar-refractivity contribution in [3.8, 4) is 0 Å². The maximum atomic E-state index is 5.84. The van der Waals surface area contributed by atoms with Crippen molar-refractivity contribution in [2.45, 2.75) is 26.9 Å². The summed E-state index contributed by atoms with van der Waals surface area (Å²) in [5, 5.41) is 4.46. The van der Waals surface area contributed by atoms with E-state index in [9.17, 15) is 0 Å². The minimum absolute atomic E-state index is 0.521. The number of anilines is 1. The van der Waals surface area contributed by atoms with Gasteiger partial charge in [-0.1, -0.05) is 29.8 Å². The summed E-state index contributed by atoms with van der Waals surface area (Å²) in [7, 11) is 4.05. The fourth-order valence-corrected chi connectivity index (χ4v) is 2.57. The third kappa shape index (κ3) is 2.79. The average molecular weight is 258 g/mol. The van der Waals surface area contributed by atoms with E-state index in [4.69, 9.17) is 5.73 Å². The molecule has 0 saturated carbocycles. The highest BCUT2D eigenvalue weighted by Crippen LogP contribution is 2.23. The summed E-state index contributed by atoms with van der Waals surface area (Å²) in [5.74, 6) is 1.10. The molecular formula is C15H22N4. The van der Waals surface area contributed by atoms with Crippen LogP contribution in [0, 0.1) is 13.8 Å². The number of aromatic nitrogens is 2. The Balaban J connectivity index is 2.27. The molecule has 0 spiro atoms. The van der Waals surface area contributed by atoms with E-state index in [1.54, 1.807) is 0 Å². The number of benzene rings is 1. The molecule has 19 heavy (non-hydrogen) atoms. The second kappa shape index (κ2) is 5.45. The number of hydrogen-bond acceptors (Lipinski definition) is 3. The summed E-state index contributed by atoms with van der Waals surface area (Å²) in [6.45, 7) is 5.50. The summed E-state index contributed by atoms with van der Waals surface area (Å²) >= 11 is 0. The van der Waals surface area contributed by atoms with Gasteiger partial charge >= 0.3 is 0 Å². The van der Waals surface area contributed by atoms with Gasteiger partial charge in [-0.3, -0.25) is 4.68 Å². The molecule has 0 amide bonds. The van der Waals surface area contributed by atoms with Crippen LogP contribution in [0.4, 0.5) is 5.82 Å². The first kappa shape index (κ1) is 13.6. The number of nitrogens with two attached hydrogens (primary N) is 1. The lowest BCUT2D eigenvalue weighted by atomic mass is 10.1. The zero-order valence-electron chi connectivity index (χ0n) is 12.1. The van der Waals surface area contributed by atoms with Gasteiger partial charge in [0.25, 0.3) is 0 Å². The molecule has 0 bridgehead atoms.